The second kappa shape index (κ2) is 27.5. The zero-order valence-electron chi connectivity index (χ0n) is 41.5. The zero-order chi connectivity index (χ0) is 54.0. The van der Waals surface area contributed by atoms with Gasteiger partial charge in [0.05, 0.1) is 44.5 Å². The number of nitrogens with zero attached hydrogens (tertiary/aromatic N) is 3. The monoisotopic (exact) mass is 1070 g/mol. The second-order valence-electron chi connectivity index (χ2n) is 17.3. The number of H-pyrrole nitrogens is 1. The van der Waals surface area contributed by atoms with E-state index in [1.165, 1.54) is 16.1 Å². The van der Waals surface area contributed by atoms with Crippen molar-refractivity contribution in [2.45, 2.75) is 71.8 Å². The van der Waals surface area contributed by atoms with E-state index in [2.05, 4.69) is 16.0 Å². The molecule has 0 spiro atoms. The predicted octanol–water partition coefficient (Wildman–Crippen LogP) is 7.79. The maximum atomic E-state index is 13.0. The molecule has 2 aromatic heterocycles. The van der Waals surface area contributed by atoms with Crippen molar-refractivity contribution >= 4 is 47.0 Å². The number of aromatic nitrogens is 2. The van der Waals surface area contributed by atoms with Crippen molar-refractivity contribution in [1.82, 2.24) is 31.2 Å². The second-order valence-corrected chi connectivity index (χ2v) is 18.2. The van der Waals surface area contributed by atoms with Crippen LogP contribution in [0, 0.1) is 0 Å². The number of carbonyl (C=O) groups excluding carboxylic acids is 4. The fraction of sp³-hybridized carbons (Fsp3) is 0.259. The minimum atomic E-state index is -1.50. The first kappa shape index (κ1) is 56.5. The molecule has 2 amide bonds. The summed E-state index contributed by atoms with van der Waals surface area (Å²) in [5.74, 6) is -2.46. The molecule has 0 radical (unpaired) electrons. The Morgan fingerprint density at radius 1 is 0.627 bits per heavy atom. The maximum Gasteiger partial charge on any atom is 0.336 e. The third-order valence-electron chi connectivity index (χ3n) is 10.5. The number of methoxy groups -OCH3 is 1. The quantitative estimate of drug-likeness (QED) is 0.0321. The van der Waals surface area contributed by atoms with Gasteiger partial charge in [0.2, 0.25) is 11.5 Å². The third-order valence-corrected chi connectivity index (χ3v) is 11.0. The zero-order valence-corrected chi connectivity index (χ0v) is 43.0. The van der Waals surface area contributed by atoms with Gasteiger partial charge >= 0.3 is 23.8 Å². The van der Waals surface area contributed by atoms with Crippen LogP contribution in [0.4, 0.5) is 0 Å². The molecular weight excluding hydrogens is 1010 g/mol. The van der Waals surface area contributed by atoms with Crippen molar-refractivity contribution in [3.8, 4) is 33.9 Å². The van der Waals surface area contributed by atoms with E-state index < -0.39 is 53.7 Å². The first-order valence-electron chi connectivity index (χ1n) is 23.4. The lowest BCUT2D eigenvalue weighted by Gasteiger charge is -2.25. The number of aromatic amines is 1. The average molecular weight is 1070 g/mol. The van der Waals surface area contributed by atoms with Crippen LogP contribution in [0.25, 0.3) is 22.3 Å². The predicted molar refractivity (Wildman–Crippen MR) is 277 cm³/mol. The highest BCUT2D eigenvalue weighted by molar-refractivity contribution is 6.31. The van der Waals surface area contributed by atoms with Crippen molar-refractivity contribution < 1.29 is 57.4 Å². The number of hydrogen-bond acceptors (Lipinski definition) is 16. The molecule has 0 unspecified atom stereocenters. The first-order chi connectivity index (χ1) is 35.9. The van der Waals surface area contributed by atoms with Gasteiger partial charge in [0.1, 0.15) is 12.4 Å². The summed E-state index contributed by atoms with van der Waals surface area (Å²) in [4.78, 5) is 61.1. The van der Waals surface area contributed by atoms with Gasteiger partial charge in [0.15, 0.2) is 12.2 Å². The Labute approximate surface area is 441 Å². The average Bonchev–Trinajstić information content (AvgIpc) is 4.06. The molecule has 0 bridgehead atoms. The van der Waals surface area contributed by atoms with Crippen molar-refractivity contribution in [2.24, 2.45) is 0 Å². The van der Waals surface area contributed by atoms with E-state index in [4.69, 9.17) is 51.2 Å². The van der Waals surface area contributed by atoms with Crippen molar-refractivity contribution in [3.05, 3.63) is 182 Å². The Morgan fingerprint density at radius 2 is 1.09 bits per heavy atom. The summed E-state index contributed by atoms with van der Waals surface area (Å²) in [6, 6.07) is 39.7. The minimum Gasteiger partial charge on any atom is -0.497 e. The number of halogens is 2. The number of ether oxygens (including phenoxy) is 4. The van der Waals surface area contributed by atoms with Gasteiger partial charge in [-0.05, 0) is 108 Å². The molecule has 2 atom stereocenters. The van der Waals surface area contributed by atoms with E-state index in [1.54, 1.807) is 46.9 Å². The SMILES string of the molecule is CC(C)OC(=O)[C@H](O)CN(Cc1ccc(-c2cccc(Cl)c2)cc1)NC(=O)c1cc(=O)[nH]o1.COc1ccc(COc2cc(C(=O)NN(Cc3ccc(-c4cccc(Cl)c4)cc3)C[C@@H](O)C(=O)OC(C)C)on2)cc1. The van der Waals surface area contributed by atoms with Crippen molar-refractivity contribution in [2.75, 3.05) is 20.2 Å². The molecule has 7 rings (SSSR count). The normalized spacial score (nSPS) is 11.9. The van der Waals surface area contributed by atoms with E-state index >= 15 is 0 Å². The van der Waals surface area contributed by atoms with Crippen LogP contribution >= 0.6 is 23.2 Å². The van der Waals surface area contributed by atoms with E-state index in [-0.39, 0.29) is 50.2 Å². The molecular formula is C54H56Cl2N6O13. The first-order valence-corrected chi connectivity index (χ1v) is 24.2. The molecule has 5 aromatic carbocycles. The van der Waals surface area contributed by atoms with Gasteiger partial charge in [0, 0.05) is 23.1 Å². The van der Waals surface area contributed by atoms with Gasteiger partial charge in [0.25, 0.3) is 11.4 Å². The number of esters is 2. The summed E-state index contributed by atoms with van der Waals surface area (Å²) in [5, 5.41) is 30.6. The Balaban J connectivity index is 0.000000251. The van der Waals surface area contributed by atoms with E-state index in [0.717, 1.165) is 50.8 Å². The van der Waals surface area contributed by atoms with Crippen molar-refractivity contribution in [3.63, 3.8) is 0 Å². The summed E-state index contributed by atoms with van der Waals surface area (Å²) in [6.07, 6.45) is -3.81. The number of hydrogen-bond donors (Lipinski definition) is 5. The maximum absolute atomic E-state index is 13.0. The number of benzene rings is 5. The fourth-order valence-electron chi connectivity index (χ4n) is 6.98. The molecule has 0 aliphatic heterocycles. The van der Waals surface area contributed by atoms with E-state index in [9.17, 15) is 34.2 Å². The molecule has 19 nitrogen and oxygen atoms in total. The Hall–Kier alpha value is -7.78. The third kappa shape index (κ3) is 18.0. The van der Waals surface area contributed by atoms with Gasteiger partial charge < -0.3 is 38.2 Å². The number of aliphatic hydroxyl groups excluding tert-OH is 2. The van der Waals surface area contributed by atoms with Crippen molar-refractivity contribution in [1.29, 1.82) is 0 Å². The molecule has 0 fully saturated rings. The highest BCUT2D eigenvalue weighted by atomic mass is 35.5. The molecule has 0 aliphatic carbocycles. The Kier molecular flexibility index (Phi) is 20.7. The fourth-order valence-corrected chi connectivity index (χ4v) is 7.36. The molecule has 0 aliphatic rings. The molecule has 2 heterocycles. The standard InChI is InChI=1S/C31H32ClN3O7.C23H24ClN3O6/c1-20(2)41-31(38)27(36)18-35(17-21-7-11-23(12-8-21)24-5-4-6-25(32)15-24)33-30(37)28-16-29(34-42-28)40-19-22-9-13-26(39-3)14-10-22;1-14(2)32-23(31)19(28)13-27(25-22(30)20-11-21(29)26-33-20)12-15-6-8-16(9-7-15)17-4-3-5-18(24)10-17/h4-16,20,27,36H,17-19H2,1-3H3,(H,33,37);3-11,14,19,28H,12-13H2,1-2H3,(H,25,30)(H,26,29)/t27-;19-/m11/s1. The van der Waals surface area contributed by atoms with Crippen LogP contribution in [0.1, 0.15) is 65.5 Å². The van der Waals surface area contributed by atoms with E-state index in [0.29, 0.717) is 10.0 Å². The molecule has 5 N–H and O–H groups in total. The number of hydrazine groups is 2. The molecule has 0 saturated carbocycles. The van der Waals surface area contributed by atoms with Crippen LogP contribution in [0.15, 0.2) is 147 Å². The molecule has 75 heavy (non-hydrogen) atoms. The van der Waals surface area contributed by atoms with Crippen LogP contribution in [0.3, 0.4) is 0 Å². The number of amides is 2. The van der Waals surface area contributed by atoms with E-state index in [1.807, 2.05) is 114 Å². The lowest BCUT2D eigenvalue weighted by molar-refractivity contribution is -0.159. The van der Waals surface area contributed by atoms with Gasteiger partial charge in [-0.25, -0.2) is 19.6 Å². The molecule has 0 saturated heterocycles. The number of nitrogens with one attached hydrogen (secondary N) is 3. The highest BCUT2D eigenvalue weighted by Crippen LogP contribution is 2.25. The topological polar surface area (TPSA) is 248 Å². The molecule has 21 heteroatoms. The summed E-state index contributed by atoms with van der Waals surface area (Å²) in [6.45, 7) is 6.75. The Bertz CT molecular complexity index is 3030. The molecule has 7 aromatic rings. The van der Waals surface area contributed by atoms with Crippen LogP contribution in [-0.4, -0.2) is 98.9 Å². The van der Waals surface area contributed by atoms with Crippen LogP contribution in [-0.2, 0) is 38.8 Å². The number of carbonyl (C=O) groups is 4. The van der Waals surface area contributed by atoms with Gasteiger partial charge in [-0.2, -0.15) is 5.16 Å². The number of rotatable bonds is 22. The van der Waals surface area contributed by atoms with Gasteiger partial charge in [-0.1, -0.05) is 108 Å². The lowest BCUT2D eigenvalue weighted by Crippen LogP contribution is -2.47. The largest absolute Gasteiger partial charge is 0.497 e. The van der Waals surface area contributed by atoms with Crippen LogP contribution in [0.5, 0.6) is 11.6 Å². The van der Waals surface area contributed by atoms with Gasteiger partial charge in [-0.3, -0.25) is 25.2 Å². The summed E-state index contributed by atoms with van der Waals surface area (Å²) < 4.78 is 30.9. The smallest absolute Gasteiger partial charge is 0.336 e. The summed E-state index contributed by atoms with van der Waals surface area (Å²) in [5.41, 5.74) is 11.0. The van der Waals surface area contributed by atoms with Crippen LogP contribution in [0.2, 0.25) is 10.0 Å². The number of aliphatic hydroxyl groups is 2. The molecule has 394 valence electrons. The lowest BCUT2D eigenvalue weighted by atomic mass is 10.0. The summed E-state index contributed by atoms with van der Waals surface area (Å²) in [7, 11) is 1.59. The van der Waals surface area contributed by atoms with Crippen LogP contribution < -0.4 is 25.9 Å². The summed E-state index contributed by atoms with van der Waals surface area (Å²) >= 11 is 12.2. The van der Waals surface area contributed by atoms with Gasteiger partial charge in [-0.15, -0.1) is 0 Å². The Morgan fingerprint density at radius 3 is 1.52 bits per heavy atom. The minimum absolute atomic E-state index is 0.111. The highest BCUT2D eigenvalue weighted by Gasteiger charge is 2.26.